The molecule has 0 aliphatic heterocycles. The summed E-state index contributed by atoms with van der Waals surface area (Å²) in [5, 5.41) is 0.164. The molecule has 0 spiro atoms. The fourth-order valence-corrected chi connectivity index (χ4v) is 1.82. The highest BCUT2D eigenvalue weighted by Crippen LogP contribution is 2.20. The summed E-state index contributed by atoms with van der Waals surface area (Å²) in [6, 6.07) is 4.77. The van der Waals surface area contributed by atoms with Crippen molar-refractivity contribution in [1.82, 2.24) is 4.90 Å². The van der Waals surface area contributed by atoms with Crippen molar-refractivity contribution < 1.29 is 13.9 Å². The number of carbonyl (C=O) groups excluding carboxylic acids is 1. The second-order valence-electron chi connectivity index (χ2n) is 4.13. The quantitative estimate of drug-likeness (QED) is 0.747. The van der Waals surface area contributed by atoms with Crippen molar-refractivity contribution in [3.05, 3.63) is 34.6 Å². The van der Waals surface area contributed by atoms with Crippen LogP contribution >= 0.6 is 11.6 Å². The fourth-order valence-electron chi connectivity index (χ4n) is 1.64. The summed E-state index contributed by atoms with van der Waals surface area (Å²) in [5.74, 6) is -0.621. The average molecular weight is 274 g/mol. The van der Waals surface area contributed by atoms with Crippen LogP contribution in [0.15, 0.2) is 18.2 Å². The summed E-state index contributed by atoms with van der Waals surface area (Å²) >= 11 is 5.87. The second kappa shape index (κ2) is 7.34. The summed E-state index contributed by atoms with van der Waals surface area (Å²) in [6.07, 6.45) is 1.09. The van der Waals surface area contributed by atoms with Crippen LogP contribution in [0.3, 0.4) is 0 Å². The van der Waals surface area contributed by atoms with Gasteiger partial charge in [0.15, 0.2) is 0 Å². The van der Waals surface area contributed by atoms with Crippen molar-refractivity contribution in [2.45, 2.75) is 19.4 Å². The molecule has 1 rings (SSSR count). The number of hydrogen-bond donors (Lipinski definition) is 0. The zero-order valence-corrected chi connectivity index (χ0v) is 11.3. The first-order valence-corrected chi connectivity index (χ1v) is 6.10. The van der Waals surface area contributed by atoms with E-state index >= 15 is 0 Å². The van der Waals surface area contributed by atoms with Crippen LogP contribution in [-0.2, 0) is 16.1 Å². The van der Waals surface area contributed by atoms with Gasteiger partial charge in [0, 0.05) is 13.0 Å². The number of benzene rings is 1. The lowest BCUT2D eigenvalue weighted by Crippen LogP contribution is -2.20. The molecular formula is C13H17ClFNO2. The lowest BCUT2D eigenvalue weighted by Gasteiger charge is -2.17. The van der Waals surface area contributed by atoms with Crippen molar-refractivity contribution >= 4 is 17.6 Å². The SMILES string of the molecule is COC(=O)CCCN(C)Cc1cccc(F)c1Cl. The lowest BCUT2D eigenvalue weighted by atomic mass is 10.2. The van der Waals surface area contributed by atoms with Gasteiger partial charge in [-0.2, -0.15) is 0 Å². The summed E-state index contributed by atoms with van der Waals surface area (Å²) in [5.41, 5.74) is 0.747. The summed E-state index contributed by atoms with van der Waals surface area (Å²) in [4.78, 5) is 12.9. The van der Waals surface area contributed by atoms with Crippen LogP contribution in [0.25, 0.3) is 0 Å². The van der Waals surface area contributed by atoms with Crippen molar-refractivity contribution in [2.75, 3.05) is 20.7 Å². The van der Waals surface area contributed by atoms with Gasteiger partial charge in [0.25, 0.3) is 0 Å². The molecule has 3 nitrogen and oxygen atoms in total. The van der Waals surface area contributed by atoms with Gasteiger partial charge in [-0.05, 0) is 31.6 Å². The minimum atomic E-state index is -0.405. The molecule has 0 aromatic heterocycles. The summed E-state index contributed by atoms with van der Waals surface area (Å²) in [6.45, 7) is 1.28. The molecule has 0 fully saturated rings. The number of methoxy groups -OCH3 is 1. The third-order valence-electron chi connectivity index (χ3n) is 2.62. The Morgan fingerprint density at radius 2 is 2.22 bits per heavy atom. The Hall–Kier alpha value is -1.13. The van der Waals surface area contributed by atoms with Crippen LogP contribution in [0.4, 0.5) is 4.39 Å². The van der Waals surface area contributed by atoms with Gasteiger partial charge in [-0.1, -0.05) is 23.7 Å². The van der Waals surface area contributed by atoms with E-state index in [0.29, 0.717) is 19.4 Å². The highest BCUT2D eigenvalue weighted by molar-refractivity contribution is 6.31. The van der Waals surface area contributed by atoms with Crippen LogP contribution in [0.5, 0.6) is 0 Å². The van der Waals surface area contributed by atoms with E-state index in [9.17, 15) is 9.18 Å². The first-order valence-electron chi connectivity index (χ1n) is 5.73. The van der Waals surface area contributed by atoms with Gasteiger partial charge >= 0.3 is 5.97 Å². The number of hydrogen-bond acceptors (Lipinski definition) is 3. The Kier molecular flexibility index (Phi) is 6.09. The van der Waals surface area contributed by atoms with Crippen molar-refractivity contribution in [1.29, 1.82) is 0 Å². The van der Waals surface area contributed by atoms with Crippen LogP contribution in [0.2, 0.25) is 5.02 Å². The summed E-state index contributed by atoms with van der Waals surface area (Å²) < 4.78 is 17.8. The van der Waals surface area contributed by atoms with E-state index < -0.39 is 5.82 Å². The van der Waals surface area contributed by atoms with Gasteiger partial charge in [0.2, 0.25) is 0 Å². The maximum Gasteiger partial charge on any atom is 0.305 e. The van der Waals surface area contributed by atoms with Crippen LogP contribution < -0.4 is 0 Å². The number of ether oxygens (including phenoxy) is 1. The summed E-state index contributed by atoms with van der Waals surface area (Å²) in [7, 11) is 3.27. The Morgan fingerprint density at radius 1 is 1.50 bits per heavy atom. The number of rotatable bonds is 6. The topological polar surface area (TPSA) is 29.5 Å². The van der Waals surface area contributed by atoms with E-state index in [1.165, 1.54) is 13.2 Å². The number of nitrogens with zero attached hydrogens (tertiary/aromatic N) is 1. The van der Waals surface area contributed by atoms with E-state index in [1.54, 1.807) is 12.1 Å². The first-order chi connectivity index (χ1) is 8.54. The molecule has 0 saturated carbocycles. The van der Waals surface area contributed by atoms with Crippen LogP contribution in [0.1, 0.15) is 18.4 Å². The molecule has 0 heterocycles. The maximum atomic E-state index is 13.2. The molecule has 0 saturated heterocycles. The van der Waals surface area contributed by atoms with Gasteiger partial charge in [0.05, 0.1) is 12.1 Å². The van der Waals surface area contributed by atoms with Gasteiger partial charge in [-0.25, -0.2) is 4.39 Å². The van der Waals surface area contributed by atoms with Crippen molar-refractivity contribution in [3.63, 3.8) is 0 Å². The predicted octanol–water partition coefficient (Wildman–Crippen LogP) is 2.86. The Bertz CT molecular complexity index is 412. The number of carbonyl (C=O) groups is 1. The van der Waals surface area contributed by atoms with Gasteiger partial charge in [0.1, 0.15) is 5.82 Å². The van der Waals surface area contributed by atoms with Gasteiger partial charge in [-0.3, -0.25) is 4.79 Å². The molecule has 5 heteroatoms. The minimum Gasteiger partial charge on any atom is -0.469 e. The minimum absolute atomic E-state index is 0.164. The third kappa shape index (κ3) is 4.63. The first kappa shape index (κ1) is 14.9. The lowest BCUT2D eigenvalue weighted by molar-refractivity contribution is -0.140. The standard InChI is InChI=1S/C13H17ClFNO2/c1-16(8-4-7-12(17)18-2)9-10-5-3-6-11(15)13(10)14/h3,5-6H,4,7-9H2,1-2H3. The zero-order chi connectivity index (χ0) is 13.5. The Labute approximate surface area is 111 Å². The van der Waals surface area contributed by atoms with E-state index in [2.05, 4.69) is 4.74 Å². The highest BCUT2D eigenvalue weighted by Gasteiger charge is 2.08. The molecule has 0 aliphatic rings. The van der Waals surface area contributed by atoms with Crippen molar-refractivity contribution in [2.24, 2.45) is 0 Å². The molecule has 0 aliphatic carbocycles. The van der Waals surface area contributed by atoms with E-state index in [-0.39, 0.29) is 11.0 Å². The highest BCUT2D eigenvalue weighted by atomic mass is 35.5. The molecule has 18 heavy (non-hydrogen) atoms. The fraction of sp³-hybridized carbons (Fsp3) is 0.462. The van der Waals surface area contributed by atoms with Crippen LogP contribution in [0, 0.1) is 5.82 Å². The average Bonchev–Trinajstić information content (AvgIpc) is 2.34. The molecular weight excluding hydrogens is 257 g/mol. The molecule has 0 N–H and O–H groups in total. The number of halogens is 2. The smallest absolute Gasteiger partial charge is 0.305 e. The second-order valence-corrected chi connectivity index (χ2v) is 4.51. The van der Waals surface area contributed by atoms with E-state index in [4.69, 9.17) is 11.6 Å². The number of esters is 1. The van der Waals surface area contributed by atoms with Gasteiger partial charge < -0.3 is 9.64 Å². The van der Waals surface area contributed by atoms with E-state index in [1.807, 2.05) is 11.9 Å². The molecule has 0 radical (unpaired) electrons. The Morgan fingerprint density at radius 3 is 2.89 bits per heavy atom. The zero-order valence-electron chi connectivity index (χ0n) is 10.6. The third-order valence-corrected chi connectivity index (χ3v) is 3.04. The maximum absolute atomic E-state index is 13.2. The molecule has 0 amide bonds. The normalized spacial score (nSPS) is 10.7. The molecule has 0 unspecified atom stereocenters. The van der Waals surface area contributed by atoms with Gasteiger partial charge in [-0.15, -0.1) is 0 Å². The molecule has 0 atom stereocenters. The van der Waals surface area contributed by atoms with Crippen LogP contribution in [-0.4, -0.2) is 31.6 Å². The largest absolute Gasteiger partial charge is 0.469 e. The molecule has 1 aromatic rings. The van der Waals surface area contributed by atoms with Crippen molar-refractivity contribution in [3.8, 4) is 0 Å². The molecule has 100 valence electrons. The monoisotopic (exact) mass is 273 g/mol. The van der Waals surface area contributed by atoms with E-state index in [0.717, 1.165) is 12.1 Å². The molecule has 1 aromatic carbocycles. The Balaban J connectivity index is 2.42. The predicted molar refractivity (Wildman–Crippen MR) is 69.0 cm³/mol. The molecule has 0 bridgehead atoms.